The van der Waals surface area contributed by atoms with Gasteiger partial charge in [0.25, 0.3) is 0 Å². The zero-order valence-electron chi connectivity index (χ0n) is 14.8. The van der Waals surface area contributed by atoms with Gasteiger partial charge in [-0.3, -0.25) is 4.79 Å². The molecule has 1 aromatic carbocycles. The molecule has 0 saturated heterocycles. The Morgan fingerprint density at radius 1 is 1.12 bits per heavy atom. The van der Waals surface area contributed by atoms with Crippen molar-refractivity contribution < 1.29 is 17.6 Å². The smallest absolute Gasteiger partial charge is 0.190 e. The van der Waals surface area contributed by atoms with Gasteiger partial charge in [0.05, 0.1) is 16.9 Å². The van der Waals surface area contributed by atoms with Crippen molar-refractivity contribution in [2.24, 2.45) is 0 Å². The normalized spacial score (nSPS) is 13.0. The second kappa shape index (κ2) is 6.29. The second-order valence-corrected chi connectivity index (χ2v) is 9.73. The summed E-state index contributed by atoms with van der Waals surface area (Å²) in [5, 5.41) is 11.8. The molecule has 0 aliphatic heterocycles. The van der Waals surface area contributed by atoms with Crippen molar-refractivity contribution in [3.8, 4) is 0 Å². The predicted octanol–water partition coefficient (Wildman–Crippen LogP) is 1.93. The van der Waals surface area contributed by atoms with Gasteiger partial charge in [-0.1, -0.05) is 0 Å². The van der Waals surface area contributed by atoms with Crippen LogP contribution in [-0.4, -0.2) is 39.2 Å². The molecule has 7 nitrogen and oxygen atoms in total. The standard InChI is InChI=1S/C16H21FN4O3S/c1-15(2,3)21-19-14(18-20-21)10-13(22)16(4,5)25(23,24)12-8-6-11(17)7-9-12/h6-9H,10H2,1-5H3. The number of halogens is 1. The number of hydrogen-bond donors (Lipinski definition) is 0. The molecular formula is C16H21FN4O3S. The highest BCUT2D eigenvalue weighted by atomic mass is 32.2. The highest BCUT2D eigenvalue weighted by Gasteiger charge is 2.42. The predicted molar refractivity (Wildman–Crippen MR) is 89.2 cm³/mol. The molecule has 2 aromatic rings. The second-order valence-electron chi connectivity index (χ2n) is 7.23. The van der Waals surface area contributed by atoms with Crippen LogP contribution >= 0.6 is 0 Å². The van der Waals surface area contributed by atoms with Gasteiger partial charge in [0, 0.05) is 0 Å². The van der Waals surface area contributed by atoms with Gasteiger partial charge < -0.3 is 0 Å². The number of aromatic nitrogens is 4. The Bertz CT molecular complexity index is 881. The fraction of sp³-hybridized carbons (Fsp3) is 0.500. The van der Waals surface area contributed by atoms with Crippen LogP contribution in [-0.2, 0) is 26.6 Å². The van der Waals surface area contributed by atoms with Crippen LogP contribution in [0.4, 0.5) is 4.39 Å². The number of carbonyl (C=O) groups is 1. The van der Waals surface area contributed by atoms with Gasteiger partial charge in [-0.2, -0.15) is 4.80 Å². The van der Waals surface area contributed by atoms with Crippen LogP contribution in [0.1, 0.15) is 40.4 Å². The van der Waals surface area contributed by atoms with Gasteiger partial charge in [-0.05, 0) is 64.1 Å². The van der Waals surface area contributed by atoms with Gasteiger partial charge in [0.2, 0.25) is 0 Å². The molecule has 1 aromatic heterocycles. The minimum atomic E-state index is -4.00. The fourth-order valence-electron chi connectivity index (χ4n) is 2.01. The summed E-state index contributed by atoms with van der Waals surface area (Å²) in [6.07, 6.45) is -0.260. The van der Waals surface area contributed by atoms with E-state index in [1.165, 1.54) is 18.6 Å². The van der Waals surface area contributed by atoms with Gasteiger partial charge in [-0.25, -0.2) is 12.8 Å². The van der Waals surface area contributed by atoms with E-state index in [2.05, 4.69) is 15.4 Å². The first-order valence-corrected chi connectivity index (χ1v) is 9.17. The molecular weight excluding hydrogens is 347 g/mol. The number of ketones is 1. The van der Waals surface area contributed by atoms with Crippen molar-refractivity contribution >= 4 is 15.6 Å². The molecule has 0 radical (unpaired) electrons. The third-order valence-corrected chi connectivity index (χ3v) is 6.31. The van der Waals surface area contributed by atoms with E-state index in [0.29, 0.717) is 0 Å². The molecule has 0 fully saturated rings. The summed E-state index contributed by atoms with van der Waals surface area (Å²) in [5.74, 6) is -0.960. The van der Waals surface area contributed by atoms with Crippen molar-refractivity contribution in [1.82, 2.24) is 20.2 Å². The minimum Gasteiger partial charge on any atom is -0.297 e. The topological polar surface area (TPSA) is 94.8 Å². The van der Waals surface area contributed by atoms with E-state index in [1.807, 2.05) is 20.8 Å². The molecule has 1 heterocycles. The number of Topliss-reactive ketones (excluding diaryl/α,β-unsaturated/α-hetero) is 1. The number of nitrogens with zero attached hydrogens (tertiary/aromatic N) is 4. The molecule has 136 valence electrons. The SMILES string of the molecule is CC(C)(C)n1nnc(CC(=O)C(C)(C)S(=O)(=O)c2ccc(F)cc2)n1. The molecule has 0 spiro atoms. The fourth-order valence-corrected chi connectivity index (χ4v) is 3.47. The lowest BCUT2D eigenvalue weighted by Crippen LogP contribution is -2.41. The number of rotatable bonds is 5. The largest absolute Gasteiger partial charge is 0.297 e. The third kappa shape index (κ3) is 3.76. The van der Waals surface area contributed by atoms with Crippen LogP contribution in [0.15, 0.2) is 29.2 Å². The van der Waals surface area contributed by atoms with Gasteiger partial charge in [0.1, 0.15) is 10.6 Å². The number of carbonyl (C=O) groups excluding carboxylic acids is 1. The van der Waals surface area contributed by atoms with Crippen LogP contribution in [0.25, 0.3) is 0 Å². The maximum absolute atomic E-state index is 13.0. The van der Waals surface area contributed by atoms with Gasteiger partial charge >= 0.3 is 0 Å². The summed E-state index contributed by atoms with van der Waals surface area (Å²) >= 11 is 0. The maximum atomic E-state index is 13.0. The summed E-state index contributed by atoms with van der Waals surface area (Å²) in [7, 11) is -4.00. The van der Waals surface area contributed by atoms with Crippen molar-refractivity contribution in [2.45, 2.75) is 56.2 Å². The Morgan fingerprint density at radius 2 is 1.68 bits per heavy atom. The molecule has 0 amide bonds. The van der Waals surface area contributed by atoms with Crippen molar-refractivity contribution in [1.29, 1.82) is 0 Å². The first-order valence-electron chi connectivity index (χ1n) is 7.68. The molecule has 25 heavy (non-hydrogen) atoms. The third-order valence-electron chi connectivity index (χ3n) is 3.84. The average molecular weight is 368 g/mol. The van der Waals surface area contributed by atoms with Crippen LogP contribution in [0.2, 0.25) is 0 Å². The monoisotopic (exact) mass is 368 g/mol. The summed E-state index contributed by atoms with van der Waals surface area (Å²) in [4.78, 5) is 13.9. The highest BCUT2D eigenvalue weighted by Crippen LogP contribution is 2.27. The Labute approximate surface area is 146 Å². The quantitative estimate of drug-likeness (QED) is 0.749. The van der Waals surface area contributed by atoms with Crippen molar-refractivity contribution in [3.63, 3.8) is 0 Å². The van der Waals surface area contributed by atoms with E-state index in [1.54, 1.807) is 0 Å². The molecule has 0 bridgehead atoms. The van der Waals surface area contributed by atoms with E-state index < -0.39 is 31.7 Å². The van der Waals surface area contributed by atoms with E-state index in [-0.39, 0.29) is 17.1 Å². The van der Waals surface area contributed by atoms with E-state index in [0.717, 1.165) is 24.3 Å². The first kappa shape index (κ1) is 19.2. The van der Waals surface area contributed by atoms with E-state index in [4.69, 9.17) is 0 Å². The van der Waals surface area contributed by atoms with Crippen LogP contribution in [0, 0.1) is 5.82 Å². The van der Waals surface area contributed by atoms with E-state index in [9.17, 15) is 17.6 Å². The summed E-state index contributed by atoms with van der Waals surface area (Å²) in [5.41, 5.74) is -0.399. The molecule has 0 saturated carbocycles. The molecule has 0 aliphatic rings. The lowest BCUT2D eigenvalue weighted by atomic mass is 10.1. The molecule has 0 N–H and O–H groups in total. The number of tetrazole rings is 1. The summed E-state index contributed by atoms with van der Waals surface area (Å²) in [6, 6.07) is 4.38. The van der Waals surface area contributed by atoms with Gasteiger partial charge in [0.15, 0.2) is 21.4 Å². The zero-order valence-corrected chi connectivity index (χ0v) is 15.6. The molecule has 2 rings (SSSR count). The summed E-state index contributed by atoms with van der Waals surface area (Å²) in [6.45, 7) is 8.28. The maximum Gasteiger partial charge on any atom is 0.190 e. The summed E-state index contributed by atoms with van der Waals surface area (Å²) < 4.78 is 36.8. The first-order chi connectivity index (χ1) is 11.4. The van der Waals surface area contributed by atoms with Crippen molar-refractivity contribution in [3.05, 3.63) is 35.9 Å². The number of benzene rings is 1. The van der Waals surface area contributed by atoms with Crippen LogP contribution < -0.4 is 0 Å². The number of sulfone groups is 1. The molecule has 9 heteroatoms. The Morgan fingerprint density at radius 3 is 2.16 bits per heavy atom. The highest BCUT2D eigenvalue weighted by molar-refractivity contribution is 7.93. The average Bonchev–Trinajstić information content (AvgIpc) is 2.96. The lowest BCUT2D eigenvalue weighted by molar-refractivity contribution is -0.120. The number of hydrogen-bond acceptors (Lipinski definition) is 6. The lowest BCUT2D eigenvalue weighted by Gasteiger charge is -2.23. The Hall–Kier alpha value is -2.16. The van der Waals surface area contributed by atoms with Crippen molar-refractivity contribution in [2.75, 3.05) is 0 Å². The van der Waals surface area contributed by atoms with Crippen LogP contribution in [0.5, 0.6) is 0 Å². The molecule has 0 unspecified atom stereocenters. The van der Waals surface area contributed by atoms with Gasteiger partial charge in [-0.15, -0.1) is 10.2 Å². The Kier molecular flexibility index (Phi) is 4.82. The van der Waals surface area contributed by atoms with E-state index >= 15 is 0 Å². The molecule has 0 atom stereocenters. The minimum absolute atomic E-state index is 0.112. The Balaban J connectivity index is 2.27. The molecule has 0 aliphatic carbocycles. The van der Waals surface area contributed by atoms with Crippen LogP contribution in [0.3, 0.4) is 0 Å². The zero-order chi connectivity index (χ0) is 19.0.